The van der Waals surface area contributed by atoms with Crippen molar-refractivity contribution in [2.75, 3.05) is 11.9 Å². The van der Waals surface area contributed by atoms with E-state index in [0.29, 0.717) is 10.8 Å². The summed E-state index contributed by atoms with van der Waals surface area (Å²) < 4.78 is 0. The van der Waals surface area contributed by atoms with Gasteiger partial charge in [-0.3, -0.25) is 4.79 Å². The third kappa shape index (κ3) is 3.94. The van der Waals surface area contributed by atoms with Crippen LogP contribution in [0, 0.1) is 11.8 Å². The molecule has 1 heterocycles. The largest absolute Gasteiger partial charge is 0.321 e. The number of benzene rings is 1. The van der Waals surface area contributed by atoms with Crippen LogP contribution in [0.4, 0.5) is 5.69 Å². The second-order valence-electron chi connectivity index (χ2n) is 4.90. The highest BCUT2D eigenvalue weighted by Crippen LogP contribution is 2.20. The monoisotopic (exact) mass is 298 g/mol. The van der Waals surface area contributed by atoms with E-state index in [1.54, 1.807) is 0 Å². The minimum absolute atomic E-state index is 0.136. The van der Waals surface area contributed by atoms with Gasteiger partial charge in [0, 0.05) is 11.3 Å². The van der Waals surface area contributed by atoms with Gasteiger partial charge in [0.15, 0.2) is 0 Å². The molecular formula is C17H18N2OS. The topological polar surface area (TPSA) is 55.1 Å². The smallest absolute Gasteiger partial charge is 0.267 e. The molecule has 0 saturated carbocycles. The fourth-order valence-corrected chi connectivity index (χ4v) is 2.61. The van der Waals surface area contributed by atoms with Gasteiger partial charge in [-0.05, 0) is 35.1 Å². The maximum atomic E-state index is 12.3. The number of thiophene rings is 1. The molecule has 108 valence electrons. The average molecular weight is 298 g/mol. The molecule has 0 atom stereocenters. The summed E-state index contributed by atoms with van der Waals surface area (Å²) in [6.07, 6.45) is 0. The Morgan fingerprint density at radius 3 is 2.62 bits per heavy atom. The lowest BCUT2D eigenvalue weighted by molar-refractivity contribution is 0.103. The Labute approximate surface area is 129 Å². The van der Waals surface area contributed by atoms with Gasteiger partial charge >= 0.3 is 0 Å². The van der Waals surface area contributed by atoms with Gasteiger partial charge in [-0.25, -0.2) is 0 Å². The highest BCUT2D eigenvalue weighted by molar-refractivity contribution is 7.12. The van der Waals surface area contributed by atoms with Crippen molar-refractivity contribution in [1.82, 2.24) is 0 Å². The minimum Gasteiger partial charge on any atom is -0.321 e. The van der Waals surface area contributed by atoms with E-state index in [1.165, 1.54) is 16.9 Å². The van der Waals surface area contributed by atoms with Crippen molar-refractivity contribution in [3.63, 3.8) is 0 Å². The zero-order valence-electron chi connectivity index (χ0n) is 12.1. The number of nitrogens with two attached hydrogens (primary N) is 1. The Balaban J connectivity index is 2.13. The van der Waals surface area contributed by atoms with Crippen LogP contribution in [0.5, 0.6) is 0 Å². The minimum atomic E-state index is -0.136. The summed E-state index contributed by atoms with van der Waals surface area (Å²) in [6, 6.07) is 9.75. The van der Waals surface area contributed by atoms with Gasteiger partial charge in [0.05, 0.1) is 6.54 Å². The molecule has 0 unspecified atom stereocenters. The van der Waals surface area contributed by atoms with Crippen LogP contribution in [0.15, 0.2) is 35.7 Å². The second-order valence-corrected chi connectivity index (χ2v) is 5.82. The molecule has 0 saturated heterocycles. The molecule has 0 aliphatic carbocycles. The number of anilines is 1. The molecule has 1 amide bonds. The third-order valence-corrected chi connectivity index (χ3v) is 3.94. The van der Waals surface area contributed by atoms with Crippen molar-refractivity contribution < 1.29 is 4.79 Å². The van der Waals surface area contributed by atoms with Crippen LogP contribution in [-0.4, -0.2) is 12.5 Å². The number of rotatable bonds is 3. The summed E-state index contributed by atoms with van der Waals surface area (Å²) in [5.41, 5.74) is 8.12. The number of amides is 1. The standard InChI is InChI=1S/C17H18N2OS/c1-12(2)13-5-7-15(8-6-13)19-17(20)16-14(4-3-10-18)9-11-21-16/h5-9,11-12H,10,18H2,1-2H3,(H,19,20). The molecule has 0 aliphatic rings. The van der Waals surface area contributed by atoms with Crippen molar-refractivity contribution in [1.29, 1.82) is 0 Å². The van der Waals surface area contributed by atoms with Crippen molar-refractivity contribution in [2.45, 2.75) is 19.8 Å². The molecule has 0 radical (unpaired) electrons. The van der Waals surface area contributed by atoms with E-state index in [4.69, 9.17) is 5.73 Å². The number of carbonyl (C=O) groups is 1. The number of carbonyl (C=O) groups excluding carboxylic acids is 1. The van der Waals surface area contributed by atoms with Gasteiger partial charge in [0.25, 0.3) is 5.91 Å². The van der Waals surface area contributed by atoms with Gasteiger partial charge in [-0.1, -0.05) is 37.8 Å². The van der Waals surface area contributed by atoms with Crippen LogP contribution in [0.25, 0.3) is 0 Å². The van der Waals surface area contributed by atoms with Gasteiger partial charge in [0.2, 0.25) is 0 Å². The molecule has 3 N–H and O–H groups in total. The van der Waals surface area contributed by atoms with Crippen LogP contribution in [0.1, 0.15) is 40.6 Å². The Morgan fingerprint density at radius 1 is 1.29 bits per heavy atom. The second kappa shape index (κ2) is 7.07. The molecule has 0 fully saturated rings. The van der Waals surface area contributed by atoms with Crippen molar-refractivity contribution in [2.24, 2.45) is 5.73 Å². The van der Waals surface area contributed by atoms with Gasteiger partial charge < -0.3 is 11.1 Å². The maximum Gasteiger partial charge on any atom is 0.267 e. The molecule has 21 heavy (non-hydrogen) atoms. The zero-order valence-corrected chi connectivity index (χ0v) is 13.0. The predicted octanol–water partition coefficient (Wildman–Crippen LogP) is 3.43. The lowest BCUT2D eigenvalue weighted by Gasteiger charge is -2.08. The fourth-order valence-electron chi connectivity index (χ4n) is 1.87. The molecule has 0 spiro atoms. The Kier molecular flexibility index (Phi) is 5.15. The van der Waals surface area contributed by atoms with Crippen molar-refractivity contribution in [3.05, 3.63) is 51.7 Å². The van der Waals surface area contributed by atoms with Gasteiger partial charge in [0.1, 0.15) is 4.88 Å². The summed E-state index contributed by atoms with van der Waals surface area (Å²) in [5.74, 6) is 6.03. The number of hydrogen-bond acceptors (Lipinski definition) is 3. The van der Waals surface area contributed by atoms with Crippen molar-refractivity contribution >= 4 is 22.9 Å². The quantitative estimate of drug-likeness (QED) is 0.853. The van der Waals surface area contributed by atoms with Crippen LogP contribution in [0.3, 0.4) is 0 Å². The predicted molar refractivity (Wildman–Crippen MR) is 88.7 cm³/mol. The number of hydrogen-bond donors (Lipinski definition) is 2. The average Bonchev–Trinajstić information content (AvgIpc) is 2.94. The molecule has 2 aromatic rings. The van der Waals surface area contributed by atoms with Gasteiger partial charge in [-0.15, -0.1) is 11.3 Å². The molecule has 1 aromatic heterocycles. The van der Waals surface area contributed by atoms with E-state index in [9.17, 15) is 4.79 Å². The normalized spacial score (nSPS) is 10.1. The first-order valence-electron chi connectivity index (χ1n) is 6.79. The highest BCUT2D eigenvalue weighted by Gasteiger charge is 2.12. The molecule has 0 bridgehead atoms. The Hall–Kier alpha value is -2.09. The van der Waals surface area contributed by atoms with Crippen LogP contribution < -0.4 is 11.1 Å². The molecule has 4 heteroatoms. The molecule has 1 aromatic carbocycles. The summed E-state index contributed by atoms with van der Waals surface area (Å²) in [5, 5.41) is 4.76. The summed E-state index contributed by atoms with van der Waals surface area (Å²) in [7, 11) is 0. The van der Waals surface area contributed by atoms with E-state index < -0.39 is 0 Å². The Morgan fingerprint density at radius 2 is 2.00 bits per heavy atom. The SMILES string of the molecule is CC(C)c1ccc(NC(=O)c2sccc2C#CCN)cc1. The van der Waals surface area contributed by atoms with E-state index in [2.05, 4.69) is 31.0 Å². The molecule has 3 nitrogen and oxygen atoms in total. The first kappa shape index (κ1) is 15.3. The lowest BCUT2D eigenvalue weighted by Crippen LogP contribution is -2.11. The highest BCUT2D eigenvalue weighted by atomic mass is 32.1. The third-order valence-electron chi connectivity index (χ3n) is 3.03. The van der Waals surface area contributed by atoms with Gasteiger partial charge in [-0.2, -0.15) is 0 Å². The maximum absolute atomic E-state index is 12.3. The van der Waals surface area contributed by atoms with Crippen LogP contribution in [-0.2, 0) is 0 Å². The van der Waals surface area contributed by atoms with Crippen LogP contribution in [0.2, 0.25) is 0 Å². The van der Waals surface area contributed by atoms with Crippen LogP contribution >= 0.6 is 11.3 Å². The summed E-state index contributed by atoms with van der Waals surface area (Å²) in [6.45, 7) is 4.57. The summed E-state index contributed by atoms with van der Waals surface area (Å²) >= 11 is 1.38. The first-order valence-corrected chi connectivity index (χ1v) is 7.67. The molecule has 2 rings (SSSR count). The fraction of sp³-hybridized carbons (Fsp3) is 0.235. The van der Waals surface area contributed by atoms with E-state index in [1.807, 2.05) is 35.7 Å². The van der Waals surface area contributed by atoms with E-state index in [0.717, 1.165) is 11.3 Å². The lowest BCUT2D eigenvalue weighted by atomic mass is 10.0. The first-order chi connectivity index (χ1) is 10.1. The molecular weight excluding hydrogens is 280 g/mol. The molecule has 0 aliphatic heterocycles. The van der Waals surface area contributed by atoms with Crippen molar-refractivity contribution in [3.8, 4) is 11.8 Å². The number of nitrogens with one attached hydrogen (secondary N) is 1. The van der Waals surface area contributed by atoms with E-state index >= 15 is 0 Å². The zero-order chi connectivity index (χ0) is 15.2. The summed E-state index contributed by atoms with van der Waals surface area (Å²) in [4.78, 5) is 12.9. The Bertz CT molecular complexity index is 675. The van der Waals surface area contributed by atoms with E-state index in [-0.39, 0.29) is 12.5 Å².